The second-order valence-corrected chi connectivity index (χ2v) is 10.6. The Bertz CT molecular complexity index is 1150. The summed E-state index contributed by atoms with van der Waals surface area (Å²) in [6.07, 6.45) is 11.5. The fourth-order valence-electron chi connectivity index (χ4n) is 7.01. The van der Waals surface area contributed by atoms with Crippen molar-refractivity contribution in [1.29, 1.82) is 0 Å². The Hall–Kier alpha value is -2.90. The maximum absolute atomic E-state index is 12.7. The number of terminal acetylenes is 1. The number of imidazole rings is 1. The predicted molar refractivity (Wildman–Crippen MR) is 120 cm³/mol. The lowest BCUT2D eigenvalue weighted by Crippen LogP contribution is -2.53. The molecule has 4 aliphatic carbocycles. The van der Waals surface area contributed by atoms with Gasteiger partial charge in [0.1, 0.15) is 35.9 Å². The molecule has 0 unspecified atom stereocenters. The lowest BCUT2D eigenvalue weighted by Gasteiger charge is -2.55. The molecule has 2 aromatic heterocycles. The van der Waals surface area contributed by atoms with Crippen LogP contribution in [0, 0.1) is 37.0 Å². The van der Waals surface area contributed by atoms with Crippen molar-refractivity contribution < 1.29 is 24.1 Å². The third-order valence-corrected chi connectivity index (χ3v) is 8.11. The van der Waals surface area contributed by atoms with Crippen LogP contribution < -0.4 is 5.73 Å². The van der Waals surface area contributed by atoms with Crippen LogP contribution in [0.3, 0.4) is 0 Å². The van der Waals surface area contributed by atoms with Gasteiger partial charge < -0.3 is 25.1 Å². The van der Waals surface area contributed by atoms with E-state index in [1.807, 2.05) is 0 Å². The smallest absolute Gasteiger partial charge is 0.430 e. The van der Waals surface area contributed by atoms with E-state index in [0.29, 0.717) is 34.7 Å². The van der Waals surface area contributed by atoms with Crippen LogP contribution in [0.5, 0.6) is 0 Å². The lowest BCUT2D eigenvalue weighted by molar-refractivity contribution is -0.152. The maximum Gasteiger partial charge on any atom is 0.508 e. The van der Waals surface area contributed by atoms with Crippen molar-refractivity contribution in [3.05, 3.63) is 12.2 Å². The predicted octanol–water partition coefficient (Wildman–Crippen LogP) is 2.49. The highest BCUT2D eigenvalue weighted by Gasteiger charge is 2.54. The SMILES string of the molecule is C#C[C@]1(COC(=O)OC23CC4CC(CC(C4)C2)C3)O[C@@H](n2cnc3c(N)nc(C)nc32)C[C@@H]1O. The van der Waals surface area contributed by atoms with Crippen LogP contribution in [0.1, 0.15) is 57.0 Å². The van der Waals surface area contributed by atoms with Gasteiger partial charge in [0.15, 0.2) is 17.1 Å². The Balaban J connectivity index is 1.15. The molecule has 4 saturated carbocycles. The van der Waals surface area contributed by atoms with Gasteiger partial charge in [-0.2, -0.15) is 0 Å². The standard InChI is InChI=1S/C24H29N5O5/c1-3-24(11-32-22(31)34-23-8-14-4-15(9-23)6-16(5-14)10-23)17(30)7-18(33-24)29-12-26-19-20(25)27-13(2)28-21(19)29/h1,12,14-18,30H,4-11H2,2H3,(H2,25,27,28)/t14?,15?,16?,17-,18+,23?,24+/m0/s1. The van der Waals surface area contributed by atoms with Crippen molar-refractivity contribution in [2.75, 3.05) is 12.3 Å². The molecule has 0 aromatic carbocycles. The summed E-state index contributed by atoms with van der Waals surface area (Å²) in [4.78, 5) is 25.5. The first kappa shape index (κ1) is 21.6. The van der Waals surface area contributed by atoms with Crippen LogP contribution in [-0.2, 0) is 14.2 Å². The number of fused-ring (bicyclic) bond motifs is 1. The van der Waals surface area contributed by atoms with Crippen LogP contribution in [0.25, 0.3) is 11.2 Å². The van der Waals surface area contributed by atoms with Gasteiger partial charge in [-0.05, 0) is 63.2 Å². The zero-order valence-corrected chi connectivity index (χ0v) is 19.1. The number of hydrogen-bond donors (Lipinski definition) is 2. The minimum atomic E-state index is -1.50. The van der Waals surface area contributed by atoms with Gasteiger partial charge in [-0.25, -0.2) is 19.7 Å². The van der Waals surface area contributed by atoms with Gasteiger partial charge in [-0.1, -0.05) is 5.92 Å². The number of carbonyl (C=O) groups excluding carboxylic acids is 1. The van der Waals surface area contributed by atoms with E-state index in [2.05, 4.69) is 20.9 Å². The Morgan fingerprint density at radius 3 is 2.59 bits per heavy atom. The second-order valence-electron chi connectivity index (χ2n) is 10.6. The zero-order valence-electron chi connectivity index (χ0n) is 19.1. The molecule has 10 heteroatoms. The van der Waals surface area contributed by atoms with Crippen LogP contribution in [0.4, 0.5) is 10.6 Å². The molecule has 3 atom stereocenters. The molecule has 0 amide bonds. The van der Waals surface area contributed by atoms with E-state index in [9.17, 15) is 9.90 Å². The first-order valence-corrected chi connectivity index (χ1v) is 11.9. The highest BCUT2D eigenvalue weighted by Crippen LogP contribution is 2.57. The summed E-state index contributed by atoms with van der Waals surface area (Å²) < 4.78 is 19.1. The number of nitrogen functional groups attached to an aromatic ring is 1. The van der Waals surface area contributed by atoms with Gasteiger partial charge in [-0.3, -0.25) is 4.57 Å². The Morgan fingerprint density at radius 1 is 1.26 bits per heavy atom. The Morgan fingerprint density at radius 2 is 1.94 bits per heavy atom. The van der Waals surface area contributed by atoms with Crippen molar-refractivity contribution in [3.63, 3.8) is 0 Å². The zero-order chi connectivity index (χ0) is 23.7. The molecule has 2 aromatic rings. The maximum atomic E-state index is 12.7. The molecule has 0 spiro atoms. The van der Waals surface area contributed by atoms with Crippen LogP contribution in [0.2, 0.25) is 0 Å². The van der Waals surface area contributed by atoms with Gasteiger partial charge in [0.05, 0.1) is 6.33 Å². The molecule has 180 valence electrons. The highest BCUT2D eigenvalue weighted by molar-refractivity contribution is 5.81. The molecule has 5 aliphatic rings. The molecular weight excluding hydrogens is 438 g/mol. The van der Waals surface area contributed by atoms with Crippen molar-refractivity contribution in [3.8, 4) is 12.3 Å². The number of aliphatic hydroxyl groups excluding tert-OH is 1. The molecular formula is C24H29N5O5. The number of aliphatic hydroxyl groups is 1. The first-order valence-electron chi connectivity index (χ1n) is 11.9. The van der Waals surface area contributed by atoms with Crippen LogP contribution >= 0.6 is 0 Å². The number of aromatic nitrogens is 4. The highest BCUT2D eigenvalue weighted by atomic mass is 16.7. The fraction of sp³-hybridized carbons (Fsp3) is 0.667. The first-order chi connectivity index (χ1) is 16.3. The summed E-state index contributed by atoms with van der Waals surface area (Å²) in [6, 6.07) is 0. The minimum Gasteiger partial charge on any atom is -0.430 e. The molecule has 4 bridgehead atoms. The molecule has 0 radical (unpaired) electrons. The van der Waals surface area contributed by atoms with Crippen molar-refractivity contribution in [1.82, 2.24) is 19.5 Å². The molecule has 5 fully saturated rings. The molecule has 7 rings (SSSR count). The number of rotatable bonds is 4. The van der Waals surface area contributed by atoms with Crippen LogP contribution in [0.15, 0.2) is 6.33 Å². The monoisotopic (exact) mass is 467 g/mol. The Labute approximate surface area is 197 Å². The molecule has 34 heavy (non-hydrogen) atoms. The van der Waals surface area contributed by atoms with E-state index >= 15 is 0 Å². The van der Waals surface area contributed by atoms with E-state index in [1.165, 1.54) is 25.6 Å². The third kappa shape index (κ3) is 3.41. The van der Waals surface area contributed by atoms with Gasteiger partial charge >= 0.3 is 6.16 Å². The van der Waals surface area contributed by atoms with Crippen LogP contribution in [-0.4, -0.2) is 54.7 Å². The van der Waals surface area contributed by atoms with Gasteiger partial charge in [-0.15, -0.1) is 6.42 Å². The lowest BCUT2D eigenvalue weighted by atomic mass is 9.54. The fourth-order valence-corrected chi connectivity index (χ4v) is 7.01. The topological polar surface area (TPSA) is 135 Å². The van der Waals surface area contributed by atoms with Crippen molar-refractivity contribution >= 4 is 23.1 Å². The van der Waals surface area contributed by atoms with Crippen molar-refractivity contribution in [2.45, 2.75) is 75.4 Å². The Kier molecular flexibility index (Phi) is 4.80. The number of carbonyl (C=O) groups is 1. The molecule has 3 N–H and O–H groups in total. The average Bonchev–Trinajstić information content (AvgIpc) is 3.32. The normalized spacial score (nSPS) is 38.2. The van der Waals surface area contributed by atoms with E-state index < -0.39 is 29.7 Å². The summed E-state index contributed by atoms with van der Waals surface area (Å²) in [5.74, 6) is 5.19. The van der Waals surface area contributed by atoms with E-state index in [0.717, 1.165) is 19.3 Å². The quantitative estimate of drug-likeness (QED) is 0.513. The molecule has 3 heterocycles. The van der Waals surface area contributed by atoms with Gasteiger partial charge in [0, 0.05) is 6.42 Å². The number of anilines is 1. The van der Waals surface area contributed by atoms with E-state index in [-0.39, 0.29) is 18.8 Å². The number of hydrogen-bond acceptors (Lipinski definition) is 9. The largest absolute Gasteiger partial charge is 0.508 e. The number of aryl methyl sites for hydroxylation is 1. The van der Waals surface area contributed by atoms with Crippen molar-refractivity contribution in [2.24, 2.45) is 17.8 Å². The number of nitrogens with two attached hydrogens (primary N) is 1. The minimum absolute atomic E-state index is 0.173. The molecule has 1 saturated heterocycles. The number of nitrogens with zero attached hydrogens (tertiary/aromatic N) is 4. The third-order valence-electron chi connectivity index (χ3n) is 8.11. The summed E-state index contributed by atoms with van der Waals surface area (Å²) in [6.45, 7) is 1.42. The number of ether oxygens (including phenoxy) is 3. The van der Waals surface area contributed by atoms with E-state index in [4.69, 9.17) is 26.4 Å². The van der Waals surface area contributed by atoms with Gasteiger partial charge in [0.25, 0.3) is 0 Å². The average molecular weight is 468 g/mol. The second kappa shape index (κ2) is 7.55. The summed E-state index contributed by atoms with van der Waals surface area (Å²) in [5.41, 5.74) is 4.96. The molecule has 10 nitrogen and oxygen atoms in total. The summed E-state index contributed by atoms with van der Waals surface area (Å²) in [7, 11) is 0. The molecule has 1 aliphatic heterocycles. The summed E-state index contributed by atoms with van der Waals surface area (Å²) in [5, 5.41) is 10.8. The van der Waals surface area contributed by atoms with Gasteiger partial charge in [0.2, 0.25) is 0 Å². The van der Waals surface area contributed by atoms with E-state index in [1.54, 1.807) is 11.5 Å². The summed E-state index contributed by atoms with van der Waals surface area (Å²) >= 11 is 0.